The third-order valence-corrected chi connectivity index (χ3v) is 4.74. The third-order valence-electron chi connectivity index (χ3n) is 2.30. The summed E-state index contributed by atoms with van der Waals surface area (Å²) in [6.07, 6.45) is 0. The average molecular weight is 316 g/mol. The minimum absolute atomic E-state index is 0.234. The number of hydrogen-bond donors (Lipinski definition) is 4. The predicted octanol–water partition coefficient (Wildman–Crippen LogP) is 1.34. The average Bonchev–Trinajstić information content (AvgIpc) is 2.42. The van der Waals surface area contributed by atoms with Crippen LogP contribution >= 0.6 is 21.6 Å². The SMILES string of the molecule is N[C@@H](CSSC[C@H](Nc1ccccc1)C(=O)O)C(=O)O. The van der Waals surface area contributed by atoms with Gasteiger partial charge in [0.15, 0.2) is 0 Å². The fraction of sp³-hybridized carbons (Fsp3) is 0.333. The molecule has 0 amide bonds. The van der Waals surface area contributed by atoms with E-state index in [0.717, 1.165) is 5.69 Å². The molecule has 110 valence electrons. The summed E-state index contributed by atoms with van der Waals surface area (Å²) in [5, 5.41) is 20.7. The van der Waals surface area contributed by atoms with Crippen LogP contribution in [-0.2, 0) is 9.59 Å². The summed E-state index contributed by atoms with van der Waals surface area (Å²) in [6, 6.07) is 7.37. The van der Waals surface area contributed by atoms with Gasteiger partial charge in [-0.3, -0.25) is 4.79 Å². The van der Waals surface area contributed by atoms with E-state index < -0.39 is 24.0 Å². The van der Waals surface area contributed by atoms with Gasteiger partial charge >= 0.3 is 11.9 Å². The van der Waals surface area contributed by atoms with E-state index >= 15 is 0 Å². The van der Waals surface area contributed by atoms with Crippen molar-refractivity contribution in [1.82, 2.24) is 0 Å². The fourth-order valence-electron chi connectivity index (χ4n) is 1.22. The Kier molecular flexibility index (Phi) is 7.27. The van der Waals surface area contributed by atoms with Gasteiger partial charge in [-0.1, -0.05) is 39.8 Å². The molecule has 0 bridgehead atoms. The molecule has 1 aromatic carbocycles. The Balaban J connectivity index is 2.37. The zero-order chi connectivity index (χ0) is 15.0. The Hall–Kier alpha value is -1.38. The summed E-state index contributed by atoms with van der Waals surface area (Å²) in [7, 11) is 2.54. The molecule has 6 nitrogen and oxygen atoms in total. The van der Waals surface area contributed by atoms with Gasteiger partial charge in [-0.15, -0.1) is 0 Å². The second-order valence-corrected chi connectivity index (χ2v) is 6.47. The number of aliphatic carboxylic acids is 2. The van der Waals surface area contributed by atoms with Crippen molar-refractivity contribution >= 4 is 39.2 Å². The molecule has 0 aliphatic heterocycles. The molecule has 0 radical (unpaired) electrons. The number of nitrogens with one attached hydrogen (secondary N) is 1. The molecule has 20 heavy (non-hydrogen) atoms. The number of anilines is 1. The predicted molar refractivity (Wildman–Crippen MR) is 82.0 cm³/mol. The van der Waals surface area contributed by atoms with Crippen molar-refractivity contribution in [1.29, 1.82) is 0 Å². The standard InChI is InChI=1S/C12H16N2O4S2/c13-9(11(15)16)6-19-20-7-10(12(17)18)14-8-4-2-1-3-5-8/h1-5,9-10,14H,6-7,13H2,(H,15,16)(H,17,18)/t9-,10-/m0/s1. The topological polar surface area (TPSA) is 113 Å². The van der Waals surface area contributed by atoms with Gasteiger partial charge in [0.25, 0.3) is 0 Å². The van der Waals surface area contributed by atoms with Crippen molar-refractivity contribution in [2.75, 3.05) is 16.8 Å². The molecule has 1 rings (SSSR count). The smallest absolute Gasteiger partial charge is 0.327 e. The van der Waals surface area contributed by atoms with E-state index in [1.54, 1.807) is 12.1 Å². The number of para-hydroxylation sites is 1. The number of carboxylic acid groups (broad SMARTS) is 2. The van der Waals surface area contributed by atoms with Crippen molar-refractivity contribution in [3.63, 3.8) is 0 Å². The Morgan fingerprint density at radius 1 is 1.10 bits per heavy atom. The molecule has 0 saturated heterocycles. The zero-order valence-electron chi connectivity index (χ0n) is 10.6. The highest BCUT2D eigenvalue weighted by Gasteiger charge is 2.18. The first-order chi connectivity index (χ1) is 9.50. The van der Waals surface area contributed by atoms with Gasteiger partial charge in [0, 0.05) is 17.2 Å². The molecule has 2 atom stereocenters. The summed E-state index contributed by atoms with van der Waals surface area (Å²) in [5.41, 5.74) is 6.08. The number of nitrogens with two attached hydrogens (primary N) is 1. The monoisotopic (exact) mass is 316 g/mol. The second kappa shape index (κ2) is 8.72. The molecule has 0 saturated carbocycles. The number of benzene rings is 1. The van der Waals surface area contributed by atoms with Crippen molar-refractivity contribution in [3.8, 4) is 0 Å². The van der Waals surface area contributed by atoms with Crippen LogP contribution in [0.2, 0.25) is 0 Å². The molecule has 0 aliphatic rings. The highest BCUT2D eigenvalue weighted by atomic mass is 33.1. The fourth-order valence-corrected chi connectivity index (χ4v) is 3.49. The molecule has 0 spiro atoms. The molecule has 1 aromatic rings. The molecule has 5 N–H and O–H groups in total. The molecule has 0 unspecified atom stereocenters. The normalized spacial score (nSPS) is 13.4. The van der Waals surface area contributed by atoms with Gasteiger partial charge in [0.2, 0.25) is 0 Å². The Bertz CT molecular complexity index is 444. The zero-order valence-corrected chi connectivity index (χ0v) is 12.2. The Morgan fingerprint density at radius 3 is 2.25 bits per heavy atom. The van der Waals surface area contributed by atoms with E-state index in [2.05, 4.69) is 5.32 Å². The van der Waals surface area contributed by atoms with Crippen LogP contribution in [0.1, 0.15) is 0 Å². The van der Waals surface area contributed by atoms with Gasteiger partial charge in [-0.2, -0.15) is 0 Å². The van der Waals surface area contributed by atoms with Crippen LogP contribution in [0.25, 0.3) is 0 Å². The summed E-state index contributed by atoms with van der Waals surface area (Å²) in [4.78, 5) is 21.7. The van der Waals surface area contributed by atoms with Crippen LogP contribution in [0, 0.1) is 0 Å². The largest absolute Gasteiger partial charge is 0.480 e. The highest BCUT2D eigenvalue weighted by molar-refractivity contribution is 8.76. The maximum Gasteiger partial charge on any atom is 0.327 e. The summed E-state index contributed by atoms with van der Waals surface area (Å²) >= 11 is 0. The first kappa shape index (κ1) is 16.7. The van der Waals surface area contributed by atoms with Gasteiger partial charge < -0.3 is 21.3 Å². The number of carboxylic acids is 2. The van der Waals surface area contributed by atoms with Crippen LogP contribution in [0.5, 0.6) is 0 Å². The molecular weight excluding hydrogens is 300 g/mol. The molecule has 0 aromatic heterocycles. The molecule has 8 heteroatoms. The summed E-state index contributed by atoms with van der Waals surface area (Å²) in [5.74, 6) is -1.47. The van der Waals surface area contributed by atoms with E-state index in [1.807, 2.05) is 18.2 Å². The highest BCUT2D eigenvalue weighted by Crippen LogP contribution is 2.23. The van der Waals surface area contributed by atoms with Gasteiger partial charge in [-0.05, 0) is 12.1 Å². The number of carbonyl (C=O) groups is 2. The lowest BCUT2D eigenvalue weighted by molar-refractivity contribution is -0.138. The summed E-state index contributed by atoms with van der Waals surface area (Å²) < 4.78 is 0. The van der Waals surface area contributed by atoms with Gasteiger partial charge in [0.1, 0.15) is 12.1 Å². The van der Waals surface area contributed by atoms with Crippen LogP contribution < -0.4 is 11.1 Å². The molecule has 0 heterocycles. The molecule has 0 fully saturated rings. The quantitative estimate of drug-likeness (QED) is 0.399. The maximum absolute atomic E-state index is 11.1. The van der Waals surface area contributed by atoms with E-state index in [9.17, 15) is 9.59 Å². The minimum Gasteiger partial charge on any atom is -0.480 e. The second-order valence-electron chi connectivity index (χ2n) is 3.91. The lowest BCUT2D eigenvalue weighted by Gasteiger charge is -2.15. The molecule has 0 aliphatic carbocycles. The first-order valence-electron chi connectivity index (χ1n) is 5.78. The van der Waals surface area contributed by atoms with Crippen molar-refractivity contribution in [3.05, 3.63) is 30.3 Å². The Morgan fingerprint density at radius 2 is 1.70 bits per heavy atom. The van der Waals surface area contributed by atoms with Gasteiger partial charge in [-0.25, -0.2) is 4.79 Å². The lowest BCUT2D eigenvalue weighted by Crippen LogP contribution is -2.33. The van der Waals surface area contributed by atoms with Crippen LogP contribution in [0.15, 0.2) is 30.3 Å². The van der Waals surface area contributed by atoms with Crippen molar-refractivity contribution < 1.29 is 19.8 Å². The lowest BCUT2D eigenvalue weighted by atomic mass is 10.2. The van der Waals surface area contributed by atoms with Crippen LogP contribution in [-0.4, -0.2) is 45.7 Å². The van der Waals surface area contributed by atoms with Gasteiger partial charge in [0.05, 0.1) is 0 Å². The third kappa shape index (κ3) is 6.18. The van der Waals surface area contributed by atoms with Crippen LogP contribution in [0.3, 0.4) is 0 Å². The van der Waals surface area contributed by atoms with E-state index in [1.165, 1.54) is 21.6 Å². The number of rotatable bonds is 9. The minimum atomic E-state index is -1.06. The number of hydrogen-bond acceptors (Lipinski definition) is 6. The molecular formula is C12H16N2O4S2. The van der Waals surface area contributed by atoms with E-state index in [4.69, 9.17) is 15.9 Å². The van der Waals surface area contributed by atoms with E-state index in [0.29, 0.717) is 5.75 Å². The van der Waals surface area contributed by atoms with Crippen LogP contribution in [0.4, 0.5) is 5.69 Å². The van der Waals surface area contributed by atoms with Crippen molar-refractivity contribution in [2.45, 2.75) is 12.1 Å². The first-order valence-corrected chi connectivity index (χ1v) is 8.26. The summed E-state index contributed by atoms with van der Waals surface area (Å²) in [6.45, 7) is 0. The Labute approximate surface area is 124 Å². The van der Waals surface area contributed by atoms with E-state index in [-0.39, 0.29) is 5.75 Å². The maximum atomic E-state index is 11.1. The van der Waals surface area contributed by atoms with Crippen molar-refractivity contribution in [2.24, 2.45) is 5.73 Å².